The van der Waals surface area contributed by atoms with Gasteiger partial charge in [0.2, 0.25) is 0 Å². The van der Waals surface area contributed by atoms with Crippen LogP contribution in [-0.4, -0.2) is 24.7 Å². The second-order valence-corrected chi connectivity index (χ2v) is 5.45. The molecule has 0 saturated heterocycles. The van der Waals surface area contributed by atoms with Crippen molar-refractivity contribution in [3.63, 3.8) is 0 Å². The van der Waals surface area contributed by atoms with Gasteiger partial charge in [-0.25, -0.2) is 0 Å². The van der Waals surface area contributed by atoms with Crippen molar-refractivity contribution in [2.75, 3.05) is 7.11 Å². The molecule has 0 heterocycles. The van der Waals surface area contributed by atoms with Crippen molar-refractivity contribution in [1.29, 1.82) is 0 Å². The lowest BCUT2D eigenvalue weighted by Crippen LogP contribution is -2.59. The molecule has 0 aromatic heterocycles. The van der Waals surface area contributed by atoms with Crippen LogP contribution in [0.5, 0.6) is 0 Å². The molecule has 1 aromatic rings. The molecule has 0 saturated carbocycles. The number of halogens is 3. The number of carbonyl (C=O) groups excluding carboxylic acids is 1. The molecule has 0 spiro atoms. The first-order chi connectivity index (χ1) is 9.04. The first-order valence-electron chi connectivity index (χ1n) is 6.04. The van der Waals surface area contributed by atoms with Crippen LogP contribution in [0.2, 0.25) is 0 Å². The summed E-state index contributed by atoms with van der Waals surface area (Å²) < 4.78 is 45.2. The molecule has 1 amide bonds. The number of alkyl halides is 3. The van der Waals surface area contributed by atoms with E-state index in [1.54, 1.807) is 26.8 Å². The van der Waals surface area contributed by atoms with E-state index >= 15 is 0 Å². The summed E-state index contributed by atoms with van der Waals surface area (Å²) in [4.78, 5) is 12.2. The molecule has 0 bridgehead atoms. The Bertz CT molecular complexity index is 466. The lowest BCUT2D eigenvalue weighted by Gasteiger charge is -2.35. The van der Waals surface area contributed by atoms with Crippen LogP contribution in [0, 0.1) is 0 Å². The Morgan fingerprint density at radius 3 is 1.95 bits per heavy atom. The van der Waals surface area contributed by atoms with E-state index in [1.807, 2.05) is 0 Å². The summed E-state index contributed by atoms with van der Waals surface area (Å²) in [7, 11) is 0.878. The van der Waals surface area contributed by atoms with Gasteiger partial charge in [0, 0.05) is 18.2 Å². The van der Waals surface area contributed by atoms with Gasteiger partial charge < -0.3 is 10.1 Å². The number of carbonyl (C=O) groups is 1. The Morgan fingerprint density at radius 2 is 1.60 bits per heavy atom. The fourth-order valence-corrected chi connectivity index (χ4v) is 1.85. The molecule has 112 valence electrons. The smallest absolute Gasteiger partial charge is 0.356 e. The van der Waals surface area contributed by atoms with Gasteiger partial charge in [0.15, 0.2) is 0 Å². The largest absolute Gasteiger partial charge is 0.430 e. The van der Waals surface area contributed by atoms with Gasteiger partial charge in [-0.15, -0.1) is 0 Å². The zero-order chi connectivity index (χ0) is 15.6. The number of methoxy groups -OCH3 is 1. The van der Waals surface area contributed by atoms with E-state index in [9.17, 15) is 18.0 Å². The van der Waals surface area contributed by atoms with Crippen molar-refractivity contribution in [2.45, 2.75) is 38.1 Å². The van der Waals surface area contributed by atoms with Crippen molar-refractivity contribution in [3.05, 3.63) is 35.9 Å². The SMILES string of the molecule is CO[C@@](C(=O)NC(C)(C)C)(c1ccccc1)C(F)(F)F. The molecule has 3 nitrogen and oxygen atoms in total. The fourth-order valence-electron chi connectivity index (χ4n) is 1.85. The summed E-state index contributed by atoms with van der Waals surface area (Å²) in [6, 6.07) is 6.87. The highest BCUT2D eigenvalue weighted by atomic mass is 19.4. The fraction of sp³-hybridized carbons (Fsp3) is 0.500. The van der Waals surface area contributed by atoms with Gasteiger partial charge in [-0.2, -0.15) is 13.2 Å². The predicted molar refractivity (Wildman–Crippen MR) is 69.1 cm³/mol. The topological polar surface area (TPSA) is 38.3 Å². The minimum absolute atomic E-state index is 0.253. The van der Waals surface area contributed by atoms with E-state index in [-0.39, 0.29) is 5.56 Å². The molecule has 1 N–H and O–H groups in total. The van der Waals surface area contributed by atoms with E-state index in [0.717, 1.165) is 7.11 Å². The summed E-state index contributed by atoms with van der Waals surface area (Å²) in [5.74, 6) is -1.23. The molecule has 20 heavy (non-hydrogen) atoms. The summed E-state index contributed by atoms with van der Waals surface area (Å²) in [5.41, 5.74) is -4.07. The molecule has 1 atom stereocenters. The number of rotatable bonds is 3. The van der Waals surface area contributed by atoms with E-state index < -0.39 is 23.2 Å². The molecule has 0 unspecified atom stereocenters. The lowest BCUT2D eigenvalue weighted by atomic mass is 9.90. The molecule has 0 fully saturated rings. The average molecular weight is 289 g/mol. The van der Waals surface area contributed by atoms with Crippen molar-refractivity contribution >= 4 is 5.91 Å². The van der Waals surface area contributed by atoms with Crippen LogP contribution in [0.4, 0.5) is 13.2 Å². The standard InChI is InChI=1S/C14H18F3NO2/c1-12(2,3)18-11(19)13(20-4,14(15,16)17)10-8-6-5-7-9-10/h5-9H,1-4H3,(H,18,19)/t13-/m1/s1. The third-order valence-corrected chi connectivity index (χ3v) is 2.69. The van der Waals surface area contributed by atoms with Gasteiger partial charge in [0.1, 0.15) is 0 Å². The van der Waals surface area contributed by atoms with Gasteiger partial charge in [-0.3, -0.25) is 4.79 Å². The Morgan fingerprint density at radius 1 is 1.10 bits per heavy atom. The highest BCUT2D eigenvalue weighted by Crippen LogP contribution is 2.42. The van der Waals surface area contributed by atoms with Crippen molar-refractivity contribution in [3.8, 4) is 0 Å². The van der Waals surface area contributed by atoms with Crippen LogP contribution in [0.25, 0.3) is 0 Å². The van der Waals surface area contributed by atoms with E-state index in [4.69, 9.17) is 0 Å². The molecule has 0 aliphatic carbocycles. The monoisotopic (exact) mass is 289 g/mol. The molecule has 6 heteroatoms. The van der Waals surface area contributed by atoms with Crippen molar-refractivity contribution in [2.24, 2.45) is 0 Å². The Kier molecular flexibility index (Phi) is 4.49. The highest BCUT2D eigenvalue weighted by molar-refractivity contribution is 5.88. The Balaban J connectivity index is 3.39. The summed E-state index contributed by atoms with van der Waals surface area (Å²) in [5, 5.41) is 2.33. The van der Waals surface area contributed by atoms with Gasteiger partial charge in [-0.1, -0.05) is 30.3 Å². The van der Waals surface area contributed by atoms with Crippen molar-refractivity contribution in [1.82, 2.24) is 5.32 Å². The Hall–Kier alpha value is -1.56. The van der Waals surface area contributed by atoms with Gasteiger partial charge in [-0.05, 0) is 20.8 Å². The number of amides is 1. The summed E-state index contributed by atoms with van der Waals surface area (Å²) in [6.45, 7) is 4.81. The molecular formula is C14H18F3NO2. The summed E-state index contributed by atoms with van der Waals surface area (Å²) >= 11 is 0. The van der Waals surface area contributed by atoms with E-state index in [1.165, 1.54) is 24.3 Å². The third-order valence-electron chi connectivity index (χ3n) is 2.69. The maximum absolute atomic E-state index is 13.5. The quantitative estimate of drug-likeness (QED) is 0.929. The number of nitrogens with one attached hydrogen (secondary N) is 1. The number of hydrogen-bond acceptors (Lipinski definition) is 2. The number of ether oxygens (including phenoxy) is 1. The van der Waals surface area contributed by atoms with Gasteiger partial charge in [0.25, 0.3) is 11.5 Å². The zero-order valence-electron chi connectivity index (χ0n) is 11.8. The van der Waals surface area contributed by atoms with Crippen LogP contribution >= 0.6 is 0 Å². The average Bonchev–Trinajstić information content (AvgIpc) is 2.27. The first kappa shape index (κ1) is 16.5. The molecule has 1 rings (SSSR count). The number of hydrogen-bond donors (Lipinski definition) is 1. The van der Waals surface area contributed by atoms with Gasteiger partial charge in [0.05, 0.1) is 0 Å². The molecule has 0 aliphatic rings. The van der Waals surface area contributed by atoms with Crippen LogP contribution in [0.1, 0.15) is 26.3 Å². The Labute approximate surface area is 116 Å². The maximum Gasteiger partial charge on any atom is 0.430 e. The van der Waals surface area contributed by atoms with E-state index in [0.29, 0.717) is 0 Å². The normalized spacial score (nSPS) is 15.6. The first-order valence-corrected chi connectivity index (χ1v) is 6.04. The number of benzene rings is 1. The van der Waals surface area contributed by atoms with Crippen LogP contribution in [0.3, 0.4) is 0 Å². The lowest BCUT2D eigenvalue weighted by molar-refractivity contribution is -0.266. The second-order valence-electron chi connectivity index (χ2n) is 5.45. The minimum Gasteiger partial charge on any atom is -0.356 e. The molecule has 0 radical (unpaired) electrons. The van der Waals surface area contributed by atoms with Crippen LogP contribution in [0.15, 0.2) is 30.3 Å². The molecule has 1 aromatic carbocycles. The zero-order valence-corrected chi connectivity index (χ0v) is 11.8. The second kappa shape index (κ2) is 5.44. The van der Waals surface area contributed by atoms with Crippen LogP contribution in [-0.2, 0) is 15.1 Å². The maximum atomic E-state index is 13.5. The third kappa shape index (κ3) is 3.12. The van der Waals surface area contributed by atoms with Crippen molar-refractivity contribution < 1.29 is 22.7 Å². The van der Waals surface area contributed by atoms with Gasteiger partial charge >= 0.3 is 6.18 Å². The molecule has 0 aliphatic heterocycles. The summed E-state index contributed by atoms with van der Waals surface area (Å²) in [6.07, 6.45) is -4.88. The van der Waals surface area contributed by atoms with Crippen LogP contribution < -0.4 is 5.32 Å². The van der Waals surface area contributed by atoms with E-state index in [2.05, 4.69) is 10.1 Å². The predicted octanol–water partition coefficient (Wildman–Crippen LogP) is 3.01. The minimum atomic E-state index is -4.88. The highest BCUT2D eigenvalue weighted by Gasteiger charge is 2.62. The molecular weight excluding hydrogens is 271 g/mol.